The lowest BCUT2D eigenvalue weighted by Gasteiger charge is -2.35. The molecule has 1 aliphatic carbocycles. The number of rotatable bonds is 5. The van der Waals surface area contributed by atoms with Crippen molar-refractivity contribution in [1.82, 2.24) is 15.1 Å². The monoisotopic (exact) mass is 481 g/mol. The zero-order chi connectivity index (χ0) is 25.2. The number of ether oxygens (including phenoxy) is 1. The average molecular weight is 482 g/mol. The molecule has 2 heterocycles. The first kappa shape index (κ1) is 25.3. The number of fused-ring (bicyclic) bond motifs is 2. The second kappa shape index (κ2) is 10.4. The Labute approximate surface area is 209 Å². The van der Waals surface area contributed by atoms with Crippen LogP contribution in [-0.4, -0.2) is 78.8 Å². The molecular weight excluding hydrogens is 442 g/mol. The smallest absolute Gasteiger partial charge is 0.411 e. The zero-order valence-corrected chi connectivity index (χ0v) is 21.5. The van der Waals surface area contributed by atoms with E-state index in [0.29, 0.717) is 6.42 Å². The van der Waals surface area contributed by atoms with E-state index < -0.39 is 23.8 Å². The number of hydrogen-bond acceptors (Lipinski definition) is 6. The number of carbonyl (C=O) groups excluding carboxylic acids is 2. The first-order valence-corrected chi connectivity index (χ1v) is 12.9. The van der Waals surface area contributed by atoms with Gasteiger partial charge in [-0.3, -0.25) is 9.69 Å². The van der Waals surface area contributed by atoms with Crippen LogP contribution >= 0.6 is 0 Å². The van der Waals surface area contributed by atoms with Crippen LogP contribution in [0, 0.1) is 17.2 Å². The van der Waals surface area contributed by atoms with E-state index in [1.807, 2.05) is 32.9 Å². The van der Waals surface area contributed by atoms with Crippen molar-refractivity contribution in [3.63, 3.8) is 0 Å². The van der Waals surface area contributed by atoms with Crippen molar-refractivity contribution in [2.45, 2.75) is 76.6 Å². The molecular formula is C27H39N5O3. The number of hydrogen-bond donors (Lipinski definition) is 1. The molecule has 1 N–H and O–H groups in total. The predicted octanol–water partition coefficient (Wildman–Crippen LogP) is 3.17. The fraction of sp³-hybridized carbons (Fsp3) is 0.667. The zero-order valence-electron chi connectivity index (χ0n) is 21.5. The number of nitrogens with one attached hydrogen (secondary N) is 1. The summed E-state index contributed by atoms with van der Waals surface area (Å²) >= 11 is 0. The summed E-state index contributed by atoms with van der Waals surface area (Å²) in [7, 11) is 2.16. The van der Waals surface area contributed by atoms with Gasteiger partial charge in [0.05, 0.1) is 6.07 Å². The Morgan fingerprint density at radius 3 is 2.57 bits per heavy atom. The molecule has 3 fully saturated rings. The van der Waals surface area contributed by atoms with Crippen molar-refractivity contribution in [1.29, 1.82) is 5.26 Å². The Hall–Kier alpha value is -2.79. The van der Waals surface area contributed by atoms with E-state index in [1.54, 1.807) is 4.90 Å². The van der Waals surface area contributed by atoms with Crippen LogP contribution in [0.5, 0.6) is 0 Å². The highest BCUT2D eigenvalue weighted by atomic mass is 16.6. The molecule has 0 radical (unpaired) electrons. The van der Waals surface area contributed by atoms with E-state index in [2.05, 4.69) is 40.4 Å². The third-order valence-electron chi connectivity index (χ3n) is 7.39. The molecule has 8 heteroatoms. The summed E-state index contributed by atoms with van der Waals surface area (Å²) in [6.07, 6.45) is 3.78. The largest absolute Gasteiger partial charge is 0.444 e. The molecule has 1 aromatic carbocycles. The number of likely N-dealkylation sites (N-methyl/N-ethyl adjacent to an activating group) is 1. The summed E-state index contributed by atoms with van der Waals surface area (Å²) < 4.78 is 5.59. The van der Waals surface area contributed by atoms with Crippen molar-refractivity contribution in [2.24, 2.45) is 5.92 Å². The van der Waals surface area contributed by atoms with Crippen molar-refractivity contribution >= 4 is 17.7 Å². The highest BCUT2D eigenvalue weighted by Gasteiger charge is 2.52. The maximum absolute atomic E-state index is 13.3. The lowest BCUT2D eigenvalue weighted by atomic mass is 9.97. The van der Waals surface area contributed by atoms with E-state index in [1.165, 1.54) is 5.69 Å². The van der Waals surface area contributed by atoms with E-state index >= 15 is 0 Å². The number of anilines is 1. The van der Waals surface area contributed by atoms with E-state index in [0.717, 1.165) is 57.4 Å². The van der Waals surface area contributed by atoms with Crippen molar-refractivity contribution in [3.05, 3.63) is 29.8 Å². The molecule has 4 atom stereocenters. The molecule has 3 aliphatic rings. The van der Waals surface area contributed by atoms with Crippen LogP contribution in [0.25, 0.3) is 0 Å². The van der Waals surface area contributed by atoms with Crippen LogP contribution in [0.3, 0.4) is 0 Å². The van der Waals surface area contributed by atoms with Gasteiger partial charge in [0, 0.05) is 37.8 Å². The number of piperidine rings is 1. The lowest BCUT2D eigenvalue weighted by molar-refractivity contribution is -0.128. The Morgan fingerprint density at radius 2 is 1.89 bits per heavy atom. The van der Waals surface area contributed by atoms with Crippen LogP contribution in [-0.2, 0) is 16.0 Å². The molecule has 2 bridgehead atoms. The van der Waals surface area contributed by atoms with Crippen LogP contribution in [0.2, 0.25) is 0 Å². The maximum Gasteiger partial charge on any atom is 0.411 e. The van der Waals surface area contributed by atoms with Crippen molar-refractivity contribution in [3.8, 4) is 6.07 Å². The Balaban J connectivity index is 1.38. The standard InChI is InChI=1S/C27H39N5O3/c1-27(2,3)35-26(34)32-23-11-8-20(17-23)24(32)25(33)29-21(18-28)16-19-6-9-22(10-7-19)31-13-5-12-30(4)14-15-31/h6-7,9-10,20-21,23-24H,5,8,11-17H2,1-4H3,(H,29,33)/t20-,21?,23+,24-/m0/s1. The fourth-order valence-electron chi connectivity index (χ4n) is 5.67. The predicted molar refractivity (Wildman–Crippen MR) is 135 cm³/mol. The highest BCUT2D eigenvalue weighted by Crippen LogP contribution is 2.43. The first-order valence-electron chi connectivity index (χ1n) is 12.9. The van der Waals surface area contributed by atoms with Gasteiger partial charge in [0.25, 0.3) is 0 Å². The summed E-state index contributed by atoms with van der Waals surface area (Å²) in [5.41, 5.74) is 1.57. The van der Waals surface area contributed by atoms with Gasteiger partial charge in [-0.05, 0) is 83.7 Å². The van der Waals surface area contributed by atoms with Gasteiger partial charge in [0.1, 0.15) is 17.7 Å². The molecule has 2 aliphatic heterocycles. The third kappa shape index (κ3) is 6.07. The molecule has 1 unspecified atom stereocenters. The molecule has 2 saturated heterocycles. The topological polar surface area (TPSA) is 88.9 Å². The van der Waals surface area contributed by atoms with Gasteiger partial charge in [0.2, 0.25) is 5.91 Å². The number of likely N-dealkylation sites (tertiary alicyclic amines) is 1. The van der Waals surface area contributed by atoms with Crippen molar-refractivity contribution in [2.75, 3.05) is 38.1 Å². The number of nitrogens with zero attached hydrogens (tertiary/aromatic N) is 4. The fourth-order valence-corrected chi connectivity index (χ4v) is 5.67. The minimum atomic E-state index is -0.653. The minimum absolute atomic E-state index is 0.0393. The quantitative estimate of drug-likeness (QED) is 0.695. The van der Waals surface area contributed by atoms with Gasteiger partial charge in [0.15, 0.2) is 0 Å². The van der Waals surface area contributed by atoms with Crippen LogP contribution in [0.1, 0.15) is 52.0 Å². The molecule has 4 rings (SSSR count). The molecule has 2 amide bonds. The Kier molecular flexibility index (Phi) is 7.56. The number of carbonyl (C=O) groups is 2. The van der Waals surface area contributed by atoms with Crippen molar-refractivity contribution < 1.29 is 14.3 Å². The molecule has 0 spiro atoms. The van der Waals surface area contributed by atoms with E-state index in [4.69, 9.17) is 4.74 Å². The van der Waals surface area contributed by atoms with Crippen LogP contribution in [0.4, 0.5) is 10.5 Å². The number of nitriles is 1. The molecule has 1 aromatic rings. The van der Waals surface area contributed by atoms with Gasteiger partial charge in [-0.25, -0.2) is 4.79 Å². The SMILES string of the molecule is CN1CCCN(c2ccc(CC(C#N)NC(=O)[C@@H]3[C@H]4CC[C@H](C4)N3C(=O)OC(C)(C)C)cc2)CC1. The van der Waals surface area contributed by atoms with Crippen LogP contribution < -0.4 is 10.2 Å². The van der Waals surface area contributed by atoms with Gasteiger partial charge < -0.3 is 19.9 Å². The summed E-state index contributed by atoms with van der Waals surface area (Å²) in [6.45, 7) is 9.70. The Morgan fingerprint density at radius 1 is 1.14 bits per heavy atom. The minimum Gasteiger partial charge on any atom is -0.444 e. The van der Waals surface area contributed by atoms with Gasteiger partial charge in [-0.1, -0.05) is 12.1 Å². The van der Waals surface area contributed by atoms with Crippen LogP contribution in [0.15, 0.2) is 24.3 Å². The highest BCUT2D eigenvalue weighted by molar-refractivity contribution is 5.87. The molecule has 35 heavy (non-hydrogen) atoms. The average Bonchev–Trinajstić information content (AvgIpc) is 3.35. The molecule has 8 nitrogen and oxygen atoms in total. The molecule has 0 aromatic heterocycles. The second-order valence-electron chi connectivity index (χ2n) is 11.3. The third-order valence-corrected chi connectivity index (χ3v) is 7.39. The summed E-state index contributed by atoms with van der Waals surface area (Å²) in [6, 6.07) is 9.37. The summed E-state index contributed by atoms with van der Waals surface area (Å²) in [5.74, 6) is -0.126. The maximum atomic E-state index is 13.3. The second-order valence-corrected chi connectivity index (χ2v) is 11.3. The Bertz CT molecular complexity index is 951. The number of amides is 2. The molecule has 190 valence electrons. The number of benzene rings is 1. The normalized spacial score (nSPS) is 25.6. The lowest BCUT2D eigenvalue weighted by Crippen LogP contribution is -2.55. The van der Waals surface area contributed by atoms with Gasteiger partial charge >= 0.3 is 6.09 Å². The van der Waals surface area contributed by atoms with E-state index in [9.17, 15) is 14.9 Å². The van der Waals surface area contributed by atoms with E-state index in [-0.39, 0.29) is 17.9 Å². The van der Waals surface area contributed by atoms with Gasteiger partial charge in [-0.2, -0.15) is 5.26 Å². The summed E-state index contributed by atoms with van der Waals surface area (Å²) in [4.78, 5) is 32.5. The summed E-state index contributed by atoms with van der Waals surface area (Å²) in [5, 5.41) is 12.7. The first-order chi connectivity index (χ1) is 16.6. The van der Waals surface area contributed by atoms with Gasteiger partial charge in [-0.15, -0.1) is 0 Å². The molecule has 1 saturated carbocycles.